The quantitative estimate of drug-likeness (QED) is 0.727. The molecule has 2 nitrogen and oxygen atoms in total. The number of para-hydroxylation sites is 1. The van der Waals surface area contributed by atoms with Crippen molar-refractivity contribution < 1.29 is 0 Å². The topological polar surface area (TPSA) is 27.8 Å². The Morgan fingerprint density at radius 3 is 2.74 bits per heavy atom. The van der Waals surface area contributed by atoms with Gasteiger partial charge in [-0.2, -0.15) is 0 Å². The van der Waals surface area contributed by atoms with E-state index in [2.05, 4.69) is 64.9 Å². The molecule has 2 aromatic carbocycles. The van der Waals surface area contributed by atoms with E-state index in [4.69, 9.17) is 0 Å². The third-order valence-corrected chi connectivity index (χ3v) is 3.43. The number of hydrogen-bond donors (Lipinski definition) is 2. The molecule has 0 unspecified atom stereocenters. The highest BCUT2D eigenvalue weighted by Crippen LogP contribution is 2.24. The predicted octanol–water partition coefficient (Wildman–Crippen LogP) is 3.60. The first-order valence-electron chi connectivity index (χ1n) is 6.68. The number of fused-ring (bicyclic) bond motifs is 1. The zero-order chi connectivity index (χ0) is 13.1. The van der Waals surface area contributed by atoms with Gasteiger partial charge in [0.1, 0.15) is 0 Å². The standard InChI is InChI=1S/C17H18N2/c1-18-10-9-13-5-4-7-14(11-13)17-12-15-6-2-3-8-16(15)19-17/h2-8,11-12,18-19H,9-10H2,1H3. The molecule has 1 heterocycles. The van der Waals surface area contributed by atoms with Crippen LogP contribution in [0.2, 0.25) is 0 Å². The van der Waals surface area contributed by atoms with Gasteiger partial charge in [-0.15, -0.1) is 0 Å². The minimum atomic E-state index is 1.01. The van der Waals surface area contributed by atoms with Gasteiger partial charge in [-0.05, 0) is 49.3 Å². The van der Waals surface area contributed by atoms with E-state index in [1.165, 1.54) is 27.7 Å². The lowest BCUT2D eigenvalue weighted by molar-refractivity contribution is 0.792. The third kappa shape index (κ3) is 2.54. The van der Waals surface area contributed by atoms with Crippen LogP contribution in [0.25, 0.3) is 22.2 Å². The number of aromatic nitrogens is 1. The fourth-order valence-electron chi connectivity index (χ4n) is 2.39. The van der Waals surface area contributed by atoms with E-state index in [1.807, 2.05) is 7.05 Å². The smallest absolute Gasteiger partial charge is 0.0464 e. The fraction of sp³-hybridized carbons (Fsp3) is 0.176. The number of rotatable bonds is 4. The lowest BCUT2D eigenvalue weighted by Gasteiger charge is -2.03. The summed E-state index contributed by atoms with van der Waals surface area (Å²) in [4.78, 5) is 3.48. The minimum absolute atomic E-state index is 1.01. The van der Waals surface area contributed by atoms with Crippen LogP contribution in [0.5, 0.6) is 0 Å². The molecule has 0 bridgehead atoms. The maximum atomic E-state index is 3.48. The van der Waals surface area contributed by atoms with Crippen LogP contribution in [-0.2, 0) is 6.42 Å². The van der Waals surface area contributed by atoms with Gasteiger partial charge in [-0.3, -0.25) is 0 Å². The number of H-pyrrole nitrogens is 1. The summed E-state index contributed by atoms with van der Waals surface area (Å²) in [6.45, 7) is 1.01. The molecule has 0 spiro atoms. The van der Waals surface area contributed by atoms with Gasteiger partial charge in [0.15, 0.2) is 0 Å². The van der Waals surface area contributed by atoms with Crippen LogP contribution in [-0.4, -0.2) is 18.6 Å². The zero-order valence-electron chi connectivity index (χ0n) is 11.1. The van der Waals surface area contributed by atoms with Gasteiger partial charge in [0, 0.05) is 16.6 Å². The first kappa shape index (κ1) is 12.0. The second-order valence-corrected chi connectivity index (χ2v) is 4.82. The fourth-order valence-corrected chi connectivity index (χ4v) is 2.39. The van der Waals surface area contributed by atoms with E-state index in [9.17, 15) is 0 Å². The van der Waals surface area contributed by atoms with Crippen LogP contribution in [0.4, 0.5) is 0 Å². The monoisotopic (exact) mass is 250 g/mol. The van der Waals surface area contributed by atoms with E-state index in [0.29, 0.717) is 0 Å². The van der Waals surface area contributed by atoms with E-state index in [1.54, 1.807) is 0 Å². The van der Waals surface area contributed by atoms with Crippen molar-refractivity contribution in [3.05, 3.63) is 60.2 Å². The van der Waals surface area contributed by atoms with E-state index < -0.39 is 0 Å². The lowest BCUT2D eigenvalue weighted by atomic mass is 10.1. The summed E-state index contributed by atoms with van der Waals surface area (Å²) < 4.78 is 0. The number of hydrogen-bond acceptors (Lipinski definition) is 1. The van der Waals surface area contributed by atoms with Crippen molar-refractivity contribution in [2.45, 2.75) is 6.42 Å². The van der Waals surface area contributed by atoms with E-state index in [-0.39, 0.29) is 0 Å². The van der Waals surface area contributed by atoms with Crippen LogP contribution < -0.4 is 5.32 Å². The highest BCUT2D eigenvalue weighted by molar-refractivity contribution is 5.85. The molecule has 0 aliphatic carbocycles. The minimum Gasteiger partial charge on any atom is -0.355 e. The molecule has 2 N–H and O–H groups in total. The average Bonchev–Trinajstić information content (AvgIpc) is 2.89. The highest BCUT2D eigenvalue weighted by atomic mass is 14.8. The molecule has 0 atom stereocenters. The summed E-state index contributed by atoms with van der Waals surface area (Å²) in [5, 5.41) is 4.45. The molecule has 3 aromatic rings. The molecule has 3 rings (SSSR count). The van der Waals surface area contributed by atoms with Gasteiger partial charge in [0.2, 0.25) is 0 Å². The molecule has 2 heteroatoms. The Labute approximate surface area is 113 Å². The number of benzene rings is 2. The van der Waals surface area contributed by atoms with Crippen LogP contribution in [0.3, 0.4) is 0 Å². The maximum Gasteiger partial charge on any atom is 0.0464 e. The molecule has 0 saturated heterocycles. The maximum absolute atomic E-state index is 3.48. The average molecular weight is 250 g/mol. The van der Waals surface area contributed by atoms with Crippen molar-refractivity contribution in [1.82, 2.24) is 10.3 Å². The Balaban J connectivity index is 1.96. The molecular weight excluding hydrogens is 232 g/mol. The number of aromatic amines is 1. The van der Waals surface area contributed by atoms with Crippen molar-refractivity contribution in [3.63, 3.8) is 0 Å². The number of likely N-dealkylation sites (N-methyl/N-ethyl adjacent to an activating group) is 1. The molecule has 19 heavy (non-hydrogen) atoms. The summed E-state index contributed by atoms with van der Waals surface area (Å²) >= 11 is 0. The molecule has 0 aliphatic heterocycles. The first-order valence-corrected chi connectivity index (χ1v) is 6.68. The Morgan fingerprint density at radius 2 is 1.89 bits per heavy atom. The first-order chi connectivity index (χ1) is 9.36. The summed E-state index contributed by atoms with van der Waals surface area (Å²) in [7, 11) is 1.99. The van der Waals surface area contributed by atoms with Gasteiger partial charge in [-0.1, -0.05) is 36.4 Å². The molecular formula is C17H18N2. The Kier molecular flexibility index (Phi) is 3.34. The molecule has 0 aliphatic rings. The van der Waals surface area contributed by atoms with Crippen LogP contribution in [0, 0.1) is 0 Å². The molecule has 1 aromatic heterocycles. The van der Waals surface area contributed by atoms with E-state index >= 15 is 0 Å². The molecule has 96 valence electrons. The summed E-state index contributed by atoms with van der Waals surface area (Å²) in [5.74, 6) is 0. The molecule has 0 saturated carbocycles. The third-order valence-electron chi connectivity index (χ3n) is 3.43. The van der Waals surface area contributed by atoms with Crippen LogP contribution in [0.15, 0.2) is 54.6 Å². The summed E-state index contributed by atoms with van der Waals surface area (Å²) in [6.07, 6.45) is 1.06. The lowest BCUT2D eigenvalue weighted by Crippen LogP contribution is -2.10. The Hall–Kier alpha value is -2.06. The zero-order valence-corrected chi connectivity index (χ0v) is 11.1. The van der Waals surface area contributed by atoms with Gasteiger partial charge < -0.3 is 10.3 Å². The molecule has 0 amide bonds. The van der Waals surface area contributed by atoms with Crippen molar-refractivity contribution in [3.8, 4) is 11.3 Å². The Bertz CT molecular complexity index is 649. The normalized spacial score (nSPS) is 11.0. The van der Waals surface area contributed by atoms with Crippen LogP contribution >= 0.6 is 0 Å². The van der Waals surface area contributed by atoms with E-state index in [0.717, 1.165) is 13.0 Å². The Morgan fingerprint density at radius 1 is 1.00 bits per heavy atom. The van der Waals surface area contributed by atoms with Gasteiger partial charge in [0.25, 0.3) is 0 Å². The van der Waals surface area contributed by atoms with Crippen molar-refractivity contribution >= 4 is 10.9 Å². The molecule has 0 fully saturated rings. The van der Waals surface area contributed by atoms with Crippen molar-refractivity contribution in [2.75, 3.05) is 13.6 Å². The van der Waals surface area contributed by atoms with Crippen molar-refractivity contribution in [1.29, 1.82) is 0 Å². The van der Waals surface area contributed by atoms with Crippen molar-refractivity contribution in [2.24, 2.45) is 0 Å². The SMILES string of the molecule is CNCCc1cccc(-c2cc3ccccc3[nH]2)c1. The second-order valence-electron chi connectivity index (χ2n) is 4.82. The predicted molar refractivity (Wildman–Crippen MR) is 81.4 cm³/mol. The number of nitrogens with one attached hydrogen (secondary N) is 2. The largest absolute Gasteiger partial charge is 0.355 e. The second kappa shape index (κ2) is 5.29. The van der Waals surface area contributed by atoms with Gasteiger partial charge in [0.05, 0.1) is 0 Å². The van der Waals surface area contributed by atoms with Gasteiger partial charge >= 0.3 is 0 Å². The van der Waals surface area contributed by atoms with Gasteiger partial charge in [-0.25, -0.2) is 0 Å². The molecule has 0 radical (unpaired) electrons. The summed E-state index contributed by atoms with van der Waals surface area (Å²) in [5.41, 5.74) is 5.00. The van der Waals surface area contributed by atoms with Crippen LogP contribution in [0.1, 0.15) is 5.56 Å². The summed E-state index contributed by atoms with van der Waals surface area (Å²) in [6, 6.07) is 19.3. The highest BCUT2D eigenvalue weighted by Gasteiger charge is 2.03.